The third kappa shape index (κ3) is 2.43. The summed E-state index contributed by atoms with van der Waals surface area (Å²) in [6.45, 7) is 0.440. The van der Waals surface area contributed by atoms with Crippen molar-refractivity contribution in [1.29, 1.82) is 0 Å². The first kappa shape index (κ1) is 13.8. The molecule has 4 atom stereocenters. The molecule has 2 aliphatic carbocycles. The van der Waals surface area contributed by atoms with E-state index >= 15 is 0 Å². The maximum Gasteiger partial charge on any atom is 0.307 e. The van der Waals surface area contributed by atoms with Crippen molar-refractivity contribution in [3.8, 4) is 0 Å². The van der Waals surface area contributed by atoms with Gasteiger partial charge in [0.05, 0.1) is 11.8 Å². The molecule has 1 heterocycles. The summed E-state index contributed by atoms with van der Waals surface area (Å²) >= 11 is 0. The van der Waals surface area contributed by atoms with Gasteiger partial charge >= 0.3 is 5.97 Å². The fourth-order valence-electron chi connectivity index (χ4n) is 3.47. The van der Waals surface area contributed by atoms with Crippen molar-refractivity contribution in [3.05, 3.63) is 24.3 Å². The Morgan fingerprint density at radius 3 is 2.71 bits per heavy atom. The van der Waals surface area contributed by atoms with E-state index in [2.05, 4.69) is 15.5 Å². The van der Waals surface area contributed by atoms with Gasteiger partial charge in [0.2, 0.25) is 5.91 Å². The number of nitrogens with zero attached hydrogens (tertiary/aromatic N) is 3. The van der Waals surface area contributed by atoms with E-state index in [4.69, 9.17) is 0 Å². The Hall–Kier alpha value is -2.18. The molecule has 1 aromatic rings. The van der Waals surface area contributed by atoms with Crippen LogP contribution in [0.3, 0.4) is 0 Å². The maximum absolute atomic E-state index is 12.3. The smallest absolute Gasteiger partial charge is 0.307 e. The number of aryl methyl sites for hydroxylation is 1. The Morgan fingerprint density at radius 1 is 1.38 bits per heavy atom. The zero-order valence-electron chi connectivity index (χ0n) is 11.8. The van der Waals surface area contributed by atoms with Crippen molar-refractivity contribution in [2.75, 3.05) is 6.54 Å². The number of hydrogen-bond acceptors (Lipinski definition) is 4. The predicted molar refractivity (Wildman–Crippen MR) is 73.1 cm³/mol. The van der Waals surface area contributed by atoms with Crippen LogP contribution in [0.4, 0.5) is 0 Å². The lowest BCUT2D eigenvalue weighted by atomic mass is 9.82. The molecular weight excluding hydrogens is 272 g/mol. The van der Waals surface area contributed by atoms with E-state index in [1.807, 2.05) is 19.2 Å². The van der Waals surface area contributed by atoms with Crippen LogP contribution >= 0.6 is 0 Å². The number of nitrogens with one attached hydrogen (secondary N) is 1. The summed E-state index contributed by atoms with van der Waals surface area (Å²) in [5.41, 5.74) is 0. The molecular formula is C14H18N4O3. The summed E-state index contributed by atoms with van der Waals surface area (Å²) < 4.78 is 1.80. The molecule has 0 aromatic carbocycles. The lowest BCUT2D eigenvalue weighted by molar-refractivity contribution is -0.147. The molecule has 0 radical (unpaired) electrons. The van der Waals surface area contributed by atoms with Gasteiger partial charge in [-0.05, 0) is 18.3 Å². The van der Waals surface area contributed by atoms with E-state index in [1.54, 1.807) is 10.9 Å². The zero-order valence-corrected chi connectivity index (χ0v) is 11.8. The number of aliphatic carboxylic acids is 1. The molecule has 1 saturated carbocycles. The van der Waals surface area contributed by atoms with Crippen molar-refractivity contribution >= 4 is 11.9 Å². The van der Waals surface area contributed by atoms with Gasteiger partial charge < -0.3 is 15.0 Å². The Labute approximate surface area is 122 Å². The molecule has 0 aliphatic heterocycles. The van der Waals surface area contributed by atoms with Crippen LogP contribution in [0.2, 0.25) is 0 Å². The number of carbonyl (C=O) groups excluding carboxylic acids is 1. The molecule has 4 unspecified atom stereocenters. The van der Waals surface area contributed by atoms with Crippen molar-refractivity contribution in [2.45, 2.75) is 12.8 Å². The molecule has 1 fully saturated rings. The Morgan fingerprint density at radius 2 is 2.10 bits per heavy atom. The van der Waals surface area contributed by atoms with Crippen molar-refractivity contribution in [3.63, 3.8) is 0 Å². The average molecular weight is 290 g/mol. The second kappa shape index (κ2) is 5.31. The molecule has 0 spiro atoms. The Kier molecular flexibility index (Phi) is 3.48. The Balaban J connectivity index is 1.59. The van der Waals surface area contributed by atoms with Crippen LogP contribution in [0.5, 0.6) is 0 Å². The van der Waals surface area contributed by atoms with Gasteiger partial charge in [0.15, 0.2) is 0 Å². The number of aromatic nitrogens is 3. The molecule has 3 rings (SSSR count). The third-order valence-corrected chi connectivity index (χ3v) is 4.50. The van der Waals surface area contributed by atoms with Crippen LogP contribution in [0.1, 0.15) is 12.2 Å². The lowest BCUT2D eigenvalue weighted by Gasteiger charge is -2.23. The number of carboxylic acid groups (broad SMARTS) is 1. The molecule has 1 amide bonds. The molecule has 2 N–H and O–H groups in total. The summed E-state index contributed by atoms with van der Waals surface area (Å²) in [7, 11) is 1.85. The normalized spacial score (nSPS) is 29.8. The highest BCUT2D eigenvalue weighted by Gasteiger charge is 2.51. The van der Waals surface area contributed by atoms with Gasteiger partial charge in [0.1, 0.15) is 12.2 Å². The molecule has 21 heavy (non-hydrogen) atoms. The monoisotopic (exact) mass is 290 g/mol. The highest BCUT2D eigenvalue weighted by Crippen LogP contribution is 2.48. The fourth-order valence-corrected chi connectivity index (χ4v) is 3.47. The number of hydrogen-bond donors (Lipinski definition) is 2. The van der Waals surface area contributed by atoms with Crippen LogP contribution < -0.4 is 5.32 Å². The van der Waals surface area contributed by atoms with Gasteiger partial charge in [0, 0.05) is 20.0 Å². The van der Waals surface area contributed by atoms with Gasteiger partial charge in [-0.3, -0.25) is 9.59 Å². The summed E-state index contributed by atoms with van der Waals surface area (Å²) in [5, 5.41) is 19.9. The maximum atomic E-state index is 12.3. The largest absolute Gasteiger partial charge is 0.481 e. The van der Waals surface area contributed by atoms with Gasteiger partial charge in [-0.25, -0.2) is 0 Å². The first-order valence-corrected chi connectivity index (χ1v) is 7.09. The summed E-state index contributed by atoms with van der Waals surface area (Å²) in [4.78, 5) is 23.7. The van der Waals surface area contributed by atoms with Crippen molar-refractivity contribution in [2.24, 2.45) is 30.7 Å². The van der Waals surface area contributed by atoms with E-state index in [1.165, 1.54) is 0 Å². The van der Waals surface area contributed by atoms with Gasteiger partial charge in [-0.1, -0.05) is 12.2 Å². The first-order chi connectivity index (χ1) is 10.1. The number of carbonyl (C=O) groups is 2. The minimum Gasteiger partial charge on any atom is -0.481 e. The van der Waals surface area contributed by atoms with Crippen LogP contribution in [-0.2, 0) is 23.1 Å². The standard InChI is InChI=1S/C14H18N4O3/c1-18-7-16-17-10(18)4-5-15-13(19)11-8-2-3-9(6-8)12(11)14(20)21/h2-3,7-9,11-12H,4-6H2,1H3,(H,15,19)(H,20,21). The SMILES string of the molecule is Cn1cnnc1CCNC(=O)C1C2C=CC(C2)C1C(=O)O. The second-order valence-electron chi connectivity index (χ2n) is 5.74. The molecule has 7 nitrogen and oxygen atoms in total. The van der Waals surface area contributed by atoms with Gasteiger partial charge in [0.25, 0.3) is 0 Å². The van der Waals surface area contributed by atoms with E-state index in [-0.39, 0.29) is 17.7 Å². The topological polar surface area (TPSA) is 97.1 Å². The number of fused-ring (bicyclic) bond motifs is 2. The van der Waals surface area contributed by atoms with E-state index in [0.717, 1.165) is 12.2 Å². The molecule has 112 valence electrons. The summed E-state index contributed by atoms with van der Waals surface area (Å²) in [6, 6.07) is 0. The Bertz CT molecular complexity index is 595. The zero-order chi connectivity index (χ0) is 15.0. The number of carboxylic acids is 1. The average Bonchev–Trinajstić information content (AvgIpc) is 3.14. The number of amides is 1. The minimum absolute atomic E-state index is 0.00184. The van der Waals surface area contributed by atoms with Crippen LogP contribution in [-0.4, -0.2) is 38.3 Å². The van der Waals surface area contributed by atoms with E-state index in [0.29, 0.717) is 13.0 Å². The van der Waals surface area contributed by atoms with Crippen LogP contribution in [0, 0.1) is 23.7 Å². The van der Waals surface area contributed by atoms with Crippen molar-refractivity contribution in [1.82, 2.24) is 20.1 Å². The lowest BCUT2D eigenvalue weighted by Crippen LogP contribution is -2.40. The first-order valence-electron chi connectivity index (χ1n) is 7.09. The predicted octanol–water partition coefficient (Wildman–Crippen LogP) is -0.00330. The number of allylic oxidation sites excluding steroid dienone is 2. The van der Waals surface area contributed by atoms with Crippen molar-refractivity contribution < 1.29 is 14.7 Å². The highest BCUT2D eigenvalue weighted by atomic mass is 16.4. The second-order valence-corrected chi connectivity index (χ2v) is 5.74. The molecule has 2 bridgehead atoms. The van der Waals surface area contributed by atoms with Crippen LogP contribution in [0.15, 0.2) is 18.5 Å². The highest BCUT2D eigenvalue weighted by molar-refractivity contribution is 5.86. The van der Waals surface area contributed by atoms with Gasteiger partial charge in [-0.2, -0.15) is 0 Å². The third-order valence-electron chi connectivity index (χ3n) is 4.50. The fraction of sp³-hybridized carbons (Fsp3) is 0.571. The minimum atomic E-state index is -0.875. The molecule has 2 aliphatic rings. The number of rotatable bonds is 5. The van der Waals surface area contributed by atoms with E-state index < -0.39 is 17.8 Å². The van der Waals surface area contributed by atoms with Crippen LogP contribution in [0.25, 0.3) is 0 Å². The molecule has 7 heteroatoms. The van der Waals surface area contributed by atoms with Gasteiger partial charge in [-0.15, -0.1) is 10.2 Å². The molecule has 0 saturated heterocycles. The van der Waals surface area contributed by atoms with E-state index in [9.17, 15) is 14.7 Å². The molecule has 1 aromatic heterocycles. The summed E-state index contributed by atoms with van der Waals surface area (Å²) in [6.07, 6.45) is 6.89. The quantitative estimate of drug-likeness (QED) is 0.744. The summed E-state index contributed by atoms with van der Waals surface area (Å²) in [5.74, 6) is -1.22.